The van der Waals surface area contributed by atoms with Gasteiger partial charge in [-0.15, -0.1) is 0 Å². The minimum absolute atomic E-state index is 0.116. The largest absolute Gasteiger partial charge is 0.396 e. The van der Waals surface area contributed by atoms with Crippen LogP contribution in [0.1, 0.15) is 12.8 Å². The monoisotopic (exact) mass is 179 g/mol. The second-order valence-corrected chi connectivity index (χ2v) is 2.26. The number of aliphatic hydroxyl groups excluding tert-OH is 2. The molecule has 0 unspecified atom stereocenters. The molecule has 0 saturated heterocycles. The minimum Gasteiger partial charge on any atom is -0.396 e. The first-order chi connectivity index (χ1) is 5.81. The molecule has 0 aliphatic heterocycles. The summed E-state index contributed by atoms with van der Waals surface area (Å²) in [5.41, 5.74) is 0. The highest BCUT2D eigenvalue weighted by atomic mass is 16.9. The average Bonchev–Trinajstić information content (AvgIpc) is 2.06. The molecule has 0 amide bonds. The zero-order valence-electron chi connectivity index (χ0n) is 7.40. The van der Waals surface area contributed by atoms with E-state index < -0.39 is 0 Å². The van der Waals surface area contributed by atoms with Crippen molar-refractivity contribution in [3.05, 3.63) is 0 Å². The molecule has 0 atom stereocenters. The van der Waals surface area contributed by atoms with Gasteiger partial charge >= 0.3 is 0 Å². The summed E-state index contributed by atoms with van der Waals surface area (Å²) < 4.78 is 0. The molecule has 0 aromatic carbocycles. The molecule has 0 radical (unpaired) electrons. The fraction of sp³-hybridized carbons (Fsp3) is 1.00. The molecule has 0 saturated carbocycles. The maximum atomic E-state index is 8.42. The average molecular weight is 179 g/mol. The van der Waals surface area contributed by atoms with Gasteiger partial charge in [0.2, 0.25) is 0 Å². The number of aliphatic hydroxyl groups is 2. The van der Waals surface area contributed by atoms with Crippen LogP contribution in [0.25, 0.3) is 0 Å². The number of hydroxylamine groups is 2. The summed E-state index contributed by atoms with van der Waals surface area (Å²) in [6, 6.07) is 0. The summed E-state index contributed by atoms with van der Waals surface area (Å²) in [5.74, 6) is 0. The van der Waals surface area contributed by atoms with E-state index in [1.54, 1.807) is 7.05 Å². The van der Waals surface area contributed by atoms with E-state index in [1.807, 2.05) is 0 Å². The van der Waals surface area contributed by atoms with Gasteiger partial charge in [-0.05, 0) is 12.8 Å². The molecule has 0 aromatic heterocycles. The Kier molecular flexibility index (Phi) is 8.74. The molecule has 0 fully saturated rings. The zero-order chi connectivity index (χ0) is 9.23. The summed E-state index contributed by atoms with van der Waals surface area (Å²) in [6.45, 7) is 1.10. The zero-order valence-corrected chi connectivity index (χ0v) is 7.40. The number of rotatable bonds is 8. The van der Waals surface area contributed by atoms with Crippen LogP contribution in [-0.2, 0) is 9.68 Å². The third-order valence-electron chi connectivity index (χ3n) is 1.15. The van der Waals surface area contributed by atoms with Crippen LogP contribution in [0.3, 0.4) is 0 Å². The fourth-order valence-electron chi connectivity index (χ4n) is 0.553. The normalized spacial score (nSPS) is 11.0. The predicted octanol–water partition coefficient (Wildman–Crippen LogP) is -0.454. The highest BCUT2D eigenvalue weighted by Gasteiger charge is 1.96. The molecule has 0 rings (SSSR count). The van der Waals surface area contributed by atoms with E-state index in [0.717, 1.165) is 0 Å². The summed E-state index contributed by atoms with van der Waals surface area (Å²) in [5, 5.41) is 18.1. The Morgan fingerprint density at radius 3 is 1.75 bits per heavy atom. The van der Waals surface area contributed by atoms with Gasteiger partial charge in [-0.25, -0.2) is 0 Å². The Labute approximate surface area is 72.4 Å². The summed E-state index contributed by atoms with van der Waals surface area (Å²) in [6.07, 6.45) is 1.18. The van der Waals surface area contributed by atoms with E-state index in [0.29, 0.717) is 26.1 Å². The summed E-state index contributed by atoms with van der Waals surface area (Å²) in [7, 11) is 1.63. The van der Waals surface area contributed by atoms with Crippen molar-refractivity contribution in [1.29, 1.82) is 0 Å². The Hall–Kier alpha value is -0.200. The highest BCUT2D eigenvalue weighted by Crippen LogP contribution is 1.90. The Morgan fingerprint density at radius 1 is 1.00 bits per heavy atom. The van der Waals surface area contributed by atoms with E-state index in [9.17, 15) is 0 Å². The molecular weight excluding hydrogens is 162 g/mol. The molecule has 2 N–H and O–H groups in total. The lowest BCUT2D eigenvalue weighted by molar-refractivity contribution is -0.354. The van der Waals surface area contributed by atoms with Crippen LogP contribution >= 0.6 is 0 Å². The predicted molar refractivity (Wildman–Crippen MR) is 43.1 cm³/mol. The number of hydrogen-bond acceptors (Lipinski definition) is 5. The van der Waals surface area contributed by atoms with Gasteiger partial charge in [-0.3, -0.25) is 9.68 Å². The van der Waals surface area contributed by atoms with E-state index in [2.05, 4.69) is 0 Å². The molecule has 0 aromatic rings. The second-order valence-electron chi connectivity index (χ2n) is 2.26. The fourth-order valence-corrected chi connectivity index (χ4v) is 0.553. The molecule has 0 bridgehead atoms. The molecule has 5 heteroatoms. The lowest BCUT2D eigenvalue weighted by atomic mass is 10.5. The maximum absolute atomic E-state index is 8.42. The van der Waals surface area contributed by atoms with Crippen LogP contribution < -0.4 is 0 Å². The second kappa shape index (κ2) is 8.89. The van der Waals surface area contributed by atoms with Gasteiger partial charge in [0.25, 0.3) is 0 Å². The van der Waals surface area contributed by atoms with Crippen molar-refractivity contribution in [1.82, 2.24) is 5.23 Å². The van der Waals surface area contributed by atoms with Crippen LogP contribution in [0, 0.1) is 0 Å². The van der Waals surface area contributed by atoms with E-state index >= 15 is 0 Å². The maximum Gasteiger partial charge on any atom is 0.0733 e. The van der Waals surface area contributed by atoms with Crippen LogP contribution in [0.5, 0.6) is 0 Å². The van der Waals surface area contributed by atoms with Crippen molar-refractivity contribution in [3.63, 3.8) is 0 Å². The third-order valence-corrected chi connectivity index (χ3v) is 1.15. The van der Waals surface area contributed by atoms with Gasteiger partial charge in [0.1, 0.15) is 0 Å². The van der Waals surface area contributed by atoms with E-state index in [1.165, 1.54) is 5.23 Å². The van der Waals surface area contributed by atoms with Gasteiger partial charge in [-0.1, -0.05) is 5.23 Å². The van der Waals surface area contributed by atoms with Crippen LogP contribution in [0.15, 0.2) is 0 Å². The summed E-state index contributed by atoms with van der Waals surface area (Å²) >= 11 is 0. The first-order valence-corrected chi connectivity index (χ1v) is 4.02. The first-order valence-electron chi connectivity index (χ1n) is 4.02. The van der Waals surface area contributed by atoms with Crippen molar-refractivity contribution in [2.75, 3.05) is 33.5 Å². The van der Waals surface area contributed by atoms with Crippen molar-refractivity contribution in [3.8, 4) is 0 Å². The van der Waals surface area contributed by atoms with Crippen LogP contribution in [0.4, 0.5) is 0 Å². The quantitative estimate of drug-likeness (QED) is 0.390. The highest BCUT2D eigenvalue weighted by molar-refractivity contribution is 4.28. The molecule has 0 spiro atoms. The lowest BCUT2D eigenvalue weighted by Crippen LogP contribution is -2.21. The Balaban J connectivity index is 3.04. The van der Waals surface area contributed by atoms with E-state index in [4.69, 9.17) is 19.9 Å². The SMILES string of the molecule is CN(OCCCO)OCCCO. The van der Waals surface area contributed by atoms with Crippen LogP contribution in [-0.4, -0.2) is 48.9 Å². The van der Waals surface area contributed by atoms with Gasteiger partial charge in [0.15, 0.2) is 0 Å². The molecule has 0 aliphatic rings. The molecule has 0 heterocycles. The molecule has 12 heavy (non-hydrogen) atoms. The van der Waals surface area contributed by atoms with Crippen molar-refractivity contribution >= 4 is 0 Å². The van der Waals surface area contributed by atoms with E-state index in [-0.39, 0.29) is 13.2 Å². The molecular formula is C7H17NO4. The lowest BCUT2D eigenvalue weighted by Gasteiger charge is -2.15. The Morgan fingerprint density at radius 2 is 1.42 bits per heavy atom. The van der Waals surface area contributed by atoms with Gasteiger partial charge in [0, 0.05) is 20.3 Å². The Bertz CT molecular complexity index is 81.5. The van der Waals surface area contributed by atoms with Gasteiger partial charge in [-0.2, -0.15) is 0 Å². The number of nitrogens with zero attached hydrogens (tertiary/aromatic N) is 1. The minimum atomic E-state index is 0.116. The van der Waals surface area contributed by atoms with Crippen LogP contribution in [0.2, 0.25) is 0 Å². The third kappa shape index (κ3) is 7.90. The van der Waals surface area contributed by atoms with Crippen molar-refractivity contribution in [2.45, 2.75) is 12.8 Å². The summed E-state index contributed by atoms with van der Waals surface area (Å²) in [4.78, 5) is 10.00. The van der Waals surface area contributed by atoms with Gasteiger partial charge in [0.05, 0.1) is 13.2 Å². The standard InChI is InChI=1S/C7H17NO4/c1-8(11-6-2-4-9)12-7-3-5-10/h9-10H,2-7H2,1H3. The van der Waals surface area contributed by atoms with Crippen molar-refractivity contribution in [2.24, 2.45) is 0 Å². The topological polar surface area (TPSA) is 62.2 Å². The molecule has 0 aliphatic carbocycles. The molecule has 5 nitrogen and oxygen atoms in total. The van der Waals surface area contributed by atoms with Crippen molar-refractivity contribution < 1.29 is 19.9 Å². The molecule has 74 valence electrons. The first kappa shape index (κ1) is 11.8. The van der Waals surface area contributed by atoms with Gasteiger partial charge < -0.3 is 10.2 Å². The smallest absolute Gasteiger partial charge is 0.0733 e. The number of hydrogen-bond donors (Lipinski definition) is 2.